The molecule has 0 saturated carbocycles. The summed E-state index contributed by atoms with van der Waals surface area (Å²) in [5.74, 6) is 0.846. The second-order valence-electron chi connectivity index (χ2n) is 4.07. The van der Waals surface area contributed by atoms with Crippen molar-refractivity contribution >= 4 is 23.2 Å². The fourth-order valence-corrected chi connectivity index (χ4v) is 2.04. The Morgan fingerprint density at radius 2 is 2.24 bits per heavy atom. The molecule has 17 heavy (non-hydrogen) atoms. The van der Waals surface area contributed by atoms with Gasteiger partial charge in [0, 0.05) is 26.2 Å². The summed E-state index contributed by atoms with van der Waals surface area (Å²) in [4.78, 5) is 13.6. The molecular formula is C12H15ClN2O2. The summed E-state index contributed by atoms with van der Waals surface area (Å²) in [7, 11) is 3.33. The van der Waals surface area contributed by atoms with Crippen molar-refractivity contribution in [1.29, 1.82) is 0 Å². The van der Waals surface area contributed by atoms with Gasteiger partial charge in [0.05, 0.1) is 23.7 Å². The monoisotopic (exact) mass is 254 g/mol. The summed E-state index contributed by atoms with van der Waals surface area (Å²) in [6, 6.07) is 5.30. The molecule has 0 spiro atoms. The first-order valence-corrected chi connectivity index (χ1v) is 5.83. The van der Waals surface area contributed by atoms with Crippen LogP contribution in [0.25, 0.3) is 0 Å². The van der Waals surface area contributed by atoms with Crippen molar-refractivity contribution in [2.45, 2.75) is 0 Å². The number of benzene rings is 1. The lowest BCUT2D eigenvalue weighted by molar-refractivity contribution is -0.123. The lowest BCUT2D eigenvalue weighted by Gasteiger charge is -2.30. The Morgan fingerprint density at radius 3 is 2.71 bits per heavy atom. The average Bonchev–Trinajstić information content (AvgIpc) is 2.25. The van der Waals surface area contributed by atoms with Gasteiger partial charge in [-0.15, -0.1) is 0 Å². The highest BCUT2D eigenvalue weighted by Crippen LogP contribution is 2.30. The number of rotatable bonds is 3. The van der Waals surface area contributed by atoms with Crippen molar-refractivity contribution in [3.8, 4) is 5.75 Å². The van der Waals surface area contributed by atoms with Crippen LogP contribution in [0.3, 0.4) is 0 Å². The minimum atomic E-state index is 0.0677. The first-order valence-electron chi connectivity index (χ1n) is 5.45. The van der Waals surface area contributed by atoms with Crippen LogP contribution in [0.4, 0.5) is 5.69 Å². The molecular weight excluding hydrogens is 240 g/mol. The van der Waals surface area contributed by atoms with E-state index in [1.807, 2.05) is 0 Å². The molecule has 2 rings (SSSR count). The first-order chi connectivity index (χ1) is 8.13. The van der Waals surface area contributed by atoms with Crippen LogP contribution in [0, 0.1) is 5.92 Å². The van der Waals surface area contributed by atoms with Gasteiger partial charge in [-0.1, -0.05) is 11.6 Å². The Hall–Kier alpha value is -1.26. The van der Waals surface area contributed by atoms with Gasteiger partial charge in [0.25, 0.3) is 0 Å². The van der Waals surface area contributed by atoms with E-state index in [9.17, 15) is 4.79 Å². The smallest absolute Gasteiger partial charge is 0.232 e. The summed E-state index contributed by atoms with van der Waals surface area (Å²) in [5.41, 5.74) is 0.712. The first kappa shape index (κ1) is 12.2. The van der Waals surface area contributed by atoms with Gasteiger partial charge in [-0.05, 0) is 12.1 Å². The second-order valence-corrected chi connectivity index (χ2v) is 4.48. The number of nitrogens with one attached hydrogen (secondary N) is 1. The van der Waals surface area contributed by atoms with Gasteiger partial charge in [0.1, 0.15) is 5.75 Å². The van der Waals surface area contributed by atoms with Gasteiger partial charge < -0.3 is 15.0 Å². The fourth-order valence-electron chi connectivity index (χ4n) is 1.74. The van der Waals surface area contributed by atoms with Crippen molar-refractivity contribution < 1.29 is 9.53 Å². The number of anilines is 1. The summed E-state index contributed by atoms with van der Waals surface area (Å²) in [6.07, 6.45) is 0. The molecule has 1 heterocycles. The molecule has 0 aliphatic carbocycles. The van der Waals surface area contributed by atoms with Gasteiger partial charge in [0.15, 0.2) is 0 Å². The number of hydrogen-bond donors (Lipinski definition) is 1. The van der Waals surface area contributed by atoms with Crippen LogP contribution in [-0.4, -0.2) is 33.2 Å². The van der Waals surface area contributed by atoms with E-state index < -0.39 is 0 Å². The number of carbonyl (C=O) groups is 1. The van der Waals surface area contributed by atoms with Crippen LogP contribution in [-0.2, 0) is 4.79 Å². The summed E-state index contributed by atoms with van der Waals surface area (Å²) in [5, 5.41) is 3.60. The number of methoxy groups -OCH3 is 1. The van der Waals surface area contributed by atoms with Crippen molar-refractivity contribution in [1.82, 2.24) is 5.32 Å². The normalized spacial score (nSPS) is 15.2. The molecule has 0 radical (unpaired) electrons. The minimum Gasteiger partial charge on any atom is -0.497 e. The number of ether oxygens (including phenoxy) is 1. The van der Waals surface area contributed by atoms with Crippen molar-refractivity contribution in [2.75, 3.05) is 32.1 Å². The van der Waals surface area contributed by atoms with E-state index in [1.165, 1.54) is 0 Å². The molecule has 0 atom stereocenters. The van der Waals surface area contributed by atoms with E-state index in [1.54, 1.807) is 37.3 Å². The third-order valence-electron chi connectivity index (χ3n) is 2.98. The molecule has 1 aliphatic heterocycles. The zero-order chi connectivity index (χ0) is 12.4. The number of amides is 1. The molecule has 4 nitrogen and oxygen atoms in total. The molecule has 92 valence electrons. The van der Waals surface area contributed by atoms with E-state index in [-0.39, 0.29) is 11.8 Å². The van der Waals surface area contributed by atoms with Crippen LogP contribution >= 0.6 is 11.6 Å². The molecule has 5 heteroatoms. The highest BCUT2D eigenvalue weighted by atomic mass is 35.5. The lowest BCUT2D eigenvalue weighted by Crippen LogP contribution is -2.51. The van der Waals surface area contributed by atoms with Crippen LogP contribution < -0.4 is 15.0 Å². The summed E-state index contributed by atoms with van der Waals surface area (Å²) in [6.45, 7) is 1.49. The third-order valence-corrected chi connectivity index (χ3v) is 3.28. The van der Waals surface area contributed by atoms with Gasteiger partial charge in [-0.2, -0.15) is 0 Å². The topological polar surface area (TPSA) is 41.6 Å². The quantitative estimate of drug-likeness (QED) is 0.890. The van der Waals surface area contributed by atoms with Crippen LogP contribution in [0.5, 0.6) is 5.75 Å². The Labute approximate surface area is 106 Å². The minimum absolute atomic E-state index is 0.0677. The van der Waals surface area contributed by atoms with Crippen LogP contribution in [0.2, 0.25) is 5.02 Å². The van der Waals surface area contributed by atoms with E-state index >= 15 is 0 Å². The fraction of sp³-hybridized carbons (Fsp3) is 0.417. The SMILES string of the molecule is COc1ccc(N(C)C(=O)C2CNC2)c(Cl)c1. The Kier molecular flexibility index (Phi) is 3.54. The highest BCUT2D eigenvalue weighted by molar-refractivity contribution is 6.34. The molecule has 1 aromatic rings. The molecule has 1 amide bonds. The number of halogens is 1. The maximum atomic E-state index is 12.0. The second kappa shape index (κ2) is 4.94. The van der Waals surface area contributed by atoms with Gasteiger partial charge >= 0.3 is 0 Å². The molecule has 0 bridgehead atoms. The average molecular weight is 255 g/mol. The maximum Gasteiger partial charge on any atom is 0.232 e. The molecule has 1 aliphatic rings. The number of nitrogens with zero attached hydrogens (tertiary/aromatic N) is 1. The third kappa shape index (κ3) is 2.37. The predicted octanol–water partition coefficient (Wildman–Crippen LogP) is 1.53. The Bertz CT molecular complexity index is 433. The van der Waals surface area contributed by atoms with E-state index in [4.69, 9.17) is 16.3 Å². The number of hydrogen-bond acceptors (Lipinski definition) is 3. The van der Waals surface area contributed by atoms with Crippen molar-refractivity contribution in [2.24, 2.45) is 5.92 Å². The lowest BCUT2D eigenvalue weighted by atomic mass is 10.0. The molecule has 0 unspecified atom stereocenters. The predicted molar refractivity (Wildman–Crippen MR) is 67.8 cm³/mol. The summed E-state index contributed by atoms with van der Waals surface area (Å²) < 4.78 is 5.07. The molecule has 1 saturated heterocycles. The van der Waals surface area contributed by atoms with Crippen LogP contribution in [0.1, 0.15) is 0 Å². The zero-order valence-electron chi connectivity index (χ0n) is 9.87. The molecule has 1 N–H and O–H groups in total. The van der Waals surface area contributed by atoms with E-state index in [0.29, 0.717) is 16.5 Å². The maximum absolute atomic E-state index is 12.0. The number of carbonyl (C=O) groups excluding carboxylic acids is 1. The van der Waals surface area contributed by atoms with Crippen molar-refractivity contribution in [3.63, 3.8) is 0 Å². The molecule has 1 aromatic carbocycles. The van der Waals surface area contributed by atoms with Crippen LogP contribution in [0.15, 0.2) is 18.2 Å². The molecule has 0 aromatic heterocycles. The zero-order valence-corrected chi connectivity index (χ0v) is 10.6. The van der Waals surface area contributed by atoms with Gasteiger partial charge in [0.2, 0.25) is 5.91 Å². The molecule has 1 fully saturated rings. The standard InChI is InChI=1S/C12H15ClN2O2/c1-15(12(16)8-6-14-7-8)11-4-3-9(17-2)5-10(11)13/h3-5,8,14H,6-7H2,1-2H3. The summed E-state index contributed by atoms with van der Waals surface area (Å²) >= 11 is 6.12. The van der Waals surface area contributed by atoms with Gasteiger partial charge in [-0.3, -0.25) is 4.79 Å². The van der Waals surface area contributed by atoms with E-state index in [0.717, 1.165) is 13.1 Å². The van der Waals surface area contributed by atoms with E-state index in [2.05, 4.69) is 5.32 Å². The van der Waals surface area contributed by atoms with Crippen molar-refractivity contribution in [3.05, 3.63) is 23.2 Å². The highest BCUT2D eigenvalue weighted by Gasteiger charge is 2.28. The van der Waals surface area contributed by atoms with Gasteiger partial charge in [-0.25, -0.2) is 0 Å². The Balaban J connectivity index is 2.18. The largest absolute Gasteiger partial charge is 0.497 e. The Morgan fingerprint density at radius 1 is 1.53 bits per heavy atom.